The molecular formula is C19H19NO5S. The number of esters is 1. The van der Waals surface area contributed by atoms with Crippen molar-refractivity contribution in [2.45, 2.75) is 24.6 Å². The van der Waals surface area contributed by atoms with Crippen molar-refractivity contribution in [3.63, 3.8) is 0 Å². The van der Waals surface area contributed by atoms with E-state index in [0.29, 0.717) is 5.56 Å². The SMILES string of the molecule is CCOC(=O)C(CC(SC(=O)c1ccccc1)c1ccccc1)[N+](=O)[O-]. The number of hydrogen-bond donors (Lipinski definition) is 0. The number of carbonyl (C=O) groups is 2. The molecule has 0 radical (unpaired) electrons. The summed E-state index contributed by atoms with van der Waals surface area (Å²) < 4.78 is 4.82. The van der Waals surface area contributed by atoms with Crippen molar-refractivity contribution in [2.75, 3.05) is 6.61 Å². The van der Waals surface area contributed by atoms with Gasteiger partial charge in [-0.15, -0.1) is 0 Å². The maximum atomic E-state index is 12.6. The van der Waals surface area contributed by atoms with Crippen LogP contribution in [0.3, 0.4) is 0 Å². The fourth-order valence-corrected chi connectivity index (χ4v) is 3.50. The van der Waals surface area contributed by atoms with Crippen LogP contribution in [0.15, 0.2) is 60.7 Å². The molecule has 0 bridgehead atoms. The van der Waals surface area contributed by atoms with E-state index >= 15 is 0 Å². The van der Waals surface area contributed by atoms with Crippen LogP contribution < -0.4 is 0 Å². The zero-order valence-corrected chi connectivity index (χ0v) is 15.1. The number of nitro groups is 1. The molecule has 0 amide bonds. The van der Waals surface area contributed by atoms with E-state index in [1.165, 1.54) is 0 Å². The van der Waals surface area contributed by atoms with Crippen LogP contribution in [0.4, 0.5) is 0 Å². The van der Waals surface area contributed by atoms with Crippen LogP contribution in [-0.4, -0.2) is 28.7 Å². The van der Waals surface area contributed by atoms with E-state index in [4.69, 9.17) is 4.74 Å². The molecule has 0 aliphatic heterocycles. The van der Waals surface area contributed by atoms with Crippen molar-refractivity contribution in [1.82, 2.24) is 0 Å². The Bertz CT molecular complexity index is 751. The summed E-state index contributed by atoms with van der Waals surface area (Å²) in [5.41, 5.74) is 1.25. The number of ether oxygens (including phenoxy) is 1. The number of nitrogens with zero attached hydrogens (tertiary/aromatic N) is 1. The molecule has 0 spiro atoms. The predicted molar refractivity (Wildman–Crippen MR) is 99.6 cm³/mol. The van der Waals surface area contributed by atoms with E-state index in [0.717, 1.165) is 17.3 Å². The highest BCUT2D eigenvalue weighted by atomic mass is 32.2. The van der Waals surface area contributed by atoms with Gasteiger partial charge in [-0.25, -0.2) is 4.79 Å². The molecule has 2 unspecified atom stereocenters. The first-order valence-corrected chi connectivity index (χ1v) is 9.02. The topological polar surface area (TPSA) is 86.5 Å². The average molecular weight is 373 g/mol. The lowest BCUT2D eigenvalue weighted by molar-refractivity contribution is -0.511. The van der Waals surface area contributed by atoms with Gasteiger partial charge in [-0.2, -0.15) is 0 Å². The Hall–Kier alpha value is -2.67. The normalized spacial score (nSPS) is 12.8. The van der Waals surface area contributed by atoms with Crippen LogP contribution in [0.5, 0.6) is 0 Å². The molecule has 0 aromatic heterocycles. The largest absolute Gasteiger partial charge is 0.461 e. The molecule has 0 saturated heterocycles. The minimum absolute atomic E-state index is 0.0647. The third kappa shape index (κ3) is 5.42. The number of carbonyl (C=O) groups excluding carboxylic acids is 2. The molecule has 2 atom stereocenters. The summed E-state index contributed by atoms with van der Waals surface area (Å²) in [6.07, 6.45) is -0.126. The second kappa shape index (κ2) is 9.72. The van der Waals surface area contributed by atoms with Gasteiger partial charge in [-0.1, -0.05) is 72.4 Å². The second-order valence-corrected chi connectivity index (χ2v) is 6.64. The summed E-state index contributed by atoms with van der Waals surface area (Å²) in [5, 5.41) is 10.6. The van der Waals surface area contributed by atoms with Gasteiger partial charge in [0, 0.05) is 22.2 Å². The molecule has 0 heterocycles. The number of hydrogen-bond acceptors (Lipinski definition) is 6. The van der Waals surface area contributed by atoms with Crippen LogP contribution >= 0.6 is 11.8 Å². The van der Waals surface area contributed by atoms with E-state index < -0.39 is 22.2 Å². The van der Waals surface area contributed by atoms with E-state index in [1.807, 2.05) is 6.07 Å². The Balaban J connectivity index is 2.25. The third-order valence-corrected chi connectivity index (χ3v) is 4.88. The Morgan fingerprint density at radius 2 is 1.65 bits per heavy atom. The van der Waals surface area contributed by atoms with Crippen molar-refractivity contribution in [3.05, 3.63) is 81.9 Å². The Morgan fingerprint density at radius 3 is 2.19 bits per heavy atom. The number of benzene rings is 2. The van der Waals surface area contributed by atoms with Crippen LogP contribution in [-0.2, 0) is 9.53 Å². The van der Waals surface area contributed by atoms with Crippen molar-refractivity contribution in [3.8, 4) is 0 Å². The third-order valence-electron chi connectivity index (χ3n) is 3.68. The summed E-state index contributed by atoms with van der Waals surface area (Å²) in [4.78, 5) is 35.2. The van der Waals surface area contributed by atoms with Gasteiger partial charge >= 0.3 is 12.0 Å². The molecule has 0 N–H and O–H groups in total. The van der Waals surface area contributed by atoms with Gasteiger partial charge in [-0.3, -0.25) is 14.9 Å². The minimum atomic E-state index is -1.52. The Kier molecular flexibility index (Phi) is 7.35. The van der Waals surface area contributed by atoms with Gasteiger partial charge in [0.2, 0.25) is 5.12 Å². The highest BCUT2D eigenvalue weighted by Gasteiger charge is 2.36. The first kappa shape index (κ1) is 19.7. The molecule has 7 heteroatoms. The molecule has 0 fully saturated rings. The van der Waals surface area contributed by atoms with Gasteiger partial charge in [0.25, 0.3) is 0 Å². The summed E-state index contributed by atoms with van der Waals surface area (Å²) in [7, 11) is 0. The van der Waals surface area contributed by atoms with E-state index in [2.05, 4.69) is 0 Å². The zero-order valence-electron chi connectivity index (χ0n) is 14.2. The lowest BCUT2D eigenvalue weighted by Gasteiger charge is -2.18. The molecule has 0 aliphatic rings. The van der Waals surface area contributed by atoms with Crippen LogP contribution in [0.1, 0.15) is 34.5 Å². The maximum absolute atomic E-state index is 12.6. The summed E-state index contributed by atoms with van der Waals surface area (Å²) in [6.45, 7) is 1.66. The van der Waals surface area contributed by atoms with Gasteiger partial charge in [0.15, 0.2) is 0 Å². The van der Waals surface area contributed by atoms with Crippen LogP contribution in [0, 0.1) is 10.1 Å². The fourth-order valence-electron chi connectivity index (χ4n) is 2.40. The molecule has 0 aliphatic carbocycles. The van der Waals surface area contributed by atoms with E-state index in [1.54, 1.807) is 61.5 Å². The van der Waals surface area contributed by atoms with Crippen LogP contribution in [0.2, 0.25) is 0 Å². The van der Waals surface area contributed by atoms with Crippen molar-refractivity contribution < 1.29 is 19.2 Å². The smallest absolute Gasteiger partial charge is 0.381 e. The standard InChI is InChI=1S/C19H19NO5S/c1-2-25-18(21)16(20(23)24)13-17(14-9-5-3-6-10-14)26-19(22)15-11-7-4-8-12-15/h3-12,16-17H,2,13H2,1H3. The van der Waals surface area contributed by atoms with Crippen molar-refractivity contribution >= 4 is 22.8 Å². The highest BCUT2D eigenvalue weighted by Crippen LogP contribution is 2.36. The van der Waals surface area contributed by atoms with Crippen molar-refractivity contribution in [1.29, 1.82) is 0 Å². The first-order valence-electron chi connectivity index (χ1n) is 8.14. The average Bonchev–Trinajstić information content (AvgIpc) is 2.66. The predicted octanol–water partition coefficient (Wildman–Crippen LogP) is 3.90. The summed E-state index contributed by atoms with van der Waals surface area (Å²) in [5.74, 6) is -0.883. The minimum Gasteiger partial charge on any atom is -0.461 e. The molecule has 6 nitrogen and oxygen atoms in total. The first-order chi connectivity index (χ1) is 12.5. The Morgan fingerprint density at radius 1 is 1.08 bits per heavy atom. The number of rotatable bonds is 8. The Labute approximate surface area is 155 Å². The number of thioether (sulfide) groups is 1. The van der Waals surface area contributed by atoms with Gasteiger partial charge in [0.05, 0.1) is 6.61 Å². The molecular weight excluding hydrogens is 354 g/mol. The zero-order chi connectivity index (χ0) is 18.9. The molecule has 0 saturated carbocycles. The maximum Gasteiger partial charge on any atom is 0.381 e. The highest BCUT2D eigenvalue weighted by molar-refractivity contribution is 8.14. The monoisotopic (exact) mass is 373 g/mol. The molecule has 2 aromatic rings. The van der Waals surface area contributed by atoms with E-state index in [9.17, 15) is 19.7 Å². The summed E-state index contributed by atoms with van der Waals surface area (Å²) >= 11 is 0.981. The lowest BCUT2D eigenvalue weighted by atomic mass is 10.1. The molecule has 2 rings (SSSR count). The van der Waals surface area contributed by atoms with Gasteiger partial charge in [-0.05, 0) is 12.5 Å². The fraction of sp³-hybridized carbons (Fsp3) is 0.263. The van der Waals surface area contributed by atoms with Crippen molar-refractivity contribution in [2.24, 2.45) is 0 Å². The quantitative estimate of drug-likeness (QED) is 0.396. The van der Waals surface area contributed by atoms with Gasteiger partial charge in [0.1, 0.15) is 0 Å². The molecule has 2 aromatic carbocycles. The molecule has 136 valence electrons. The lowest BCUT2D eigenvalue weighted by Crippen LogP contribution is -2.32. The second-order valence-electron chi connectivity index (χ2n) is 5.46. The van der Waals surface area contributed by atoms with E-state index in [-0.39, 0.29) is 18.1 Å². The molecule has 26 heavy (non-hydrogen) atoms. The van der Waals surface area contributed by atoms with Gasteiger partial charge < -0.3 is 4.74 Å². The van der Waals surface area contributed by atoms with Crippen LogP contribution in [0.25, 0.3) is 0 Å². The summed E-state index contributed by atoms with van der Waals surface area (Å²) in [6, 6.07) is 16.2.